The third-order valence-electron chi connectivity index (χ3n) is 2.82. The van der Waals surface area contributed by atoms with Gasteiger partial charge in [0.25, 0.3) is 0 Å². The van der Waals surface area contributed by atoms with Gasteiger partial charge in [0.2, 0.25) is 0 Å². The zero-order valence-corrected chi connectivity index (χ0v) is 12.3. The highest BCUT2D eigenvalue weighted by Gasteiger charge is 1.91. The van der Waals surface area contributed by atoms with E-state index in [0.717, 1.165) is 0 Å². The first-order valence-corrected chi connectivity index (χ1v) is 7.30. The lowest BCUT2D eigenvalue weighted by molar-refractivity contribution is 0.920. The fourth-order valence-corrected chi connectivity index (χ4v) is 1.66. The van der Waals surface area contributed by atoms with Gasteiger partial charge >= 0.3 is 0 Å². The van der Waals surface area contributed by atoms with Gasteiger partial charge in [0.1, 0.15) is 0 Å². The van der Waals surface area contributed by atoms with E-state index in [9.17, 15) is 0 Å². The summed E-state index contributed by atoms with van der Waals surface area (Å²) in [7, 11) is 0. The van der Waals surface area contributed by atoms with Gasteiger partial charge in [-0.05, 0) is 64.5 Å². The Balaban J connectivity index is 3.80. The van der Waals surface area contributed by atoms with Crippen molar-refractivity contribution in [3.63, 3.8) is 0 Å². The summed E-state index contributed by atoms with van der Waals surface area (Å²) >= 11 is 1.84. The highest BCUT2D eigenvalue weighted by Crippen LogP contribution is 2.14. The van der Waals surface area contributed by atoms with E-state index < -0.39 is 0 Å². The van der Waals surface area contributed by atoms with Crippen LogP contribution in [0.2, 0.25) is 0 Å². The molecule has 1 heteroatoms. The van der Waals surface area contributed by atoms with Crippen LogP contribution in [-0.4, -0.2) is 6.26 Å². The van der Waals surface area contributed by atoms with Crippen LogP contribution in [0.1, 0.15) is 53.4 Å². The second kappa shape index (κ2) is 9.77. The Hall–Kier alpha value is -0.430. The zero-order chi connectivity index (χ0) is 12.4. The fourth-order valence-electron chi connectivity index (χ4n) is 1.38. The van der Waals surface area contributed by atoms with E-state index in [-0.39, 0.29) is 0 Å². The molecular weight excluding hydrogens is 212 g/mol. The monoisotopic (exact) mass is 238 g/mol. The van der Waals surface area contributed by atoms with Gasteiger partial charge in [-0.3, -0.25) is 0 Å². The van der Waals surface area contributed by atoms with Crippen molar-refractivity contribution < 1.29 is 0 Å². The first kappa shape index (κ1) is 15.6. The minimum absolute atomic E-state index is 1.18. The molecule has 16 heavy (non-hydrogen) atoms. The van der Waals surface area contributed by atoms with Crippen LogP contribution in [0.3, 0.4) is 0 Å². The van der Waals surface area contributed by atoms with Crippen LogP contribution in [0.5, 0.6) is 0 Å². The second-order valence-electron chi connectivity index (χ2n) is 4.28. The van der Waals surface area contributed by atoms with Crippen molar-refractivity contribution in [3.05, 3.63) is 34.3 Å². The molecule has 0 N–H and O–H groups in total. The van der Waals surface area contributed by atoms with Crippen molar-refractivity contribution >= 4 is 11.8 Å². The highest BCUT2D eigenvalue weighted by molar-refractivity contribution is 8.02. The van der Waals surface area contributed by atoms with E-state index in [0.29, 0.717) is 0 Å². The molecule has 0 fully saturated rings. The largest absolute Gasteiger partial charge is 0.135 e. The van der Waals surface area contributed by atoms with Gasteiger partial charge in [-0.2, -0.15) is 0 Å². The molecule has 0 radical (unpaired) electrons. The van der Waals surface area contributed by atoms with Gasteiger partial charge in [0, 0.05) is 0 Å². The van der Waals surface area contributed by atoms with Crippen molar-refractivity contribution in [2.75, 3.05) is 6.26 Å². The molecule has 0 saturated heterocycles. The number of hydrogen-bond acceptors (Lipinski definition) is 1. The standard InChI is InChI=1S/C15H26S/c1-6-13(2)9-7-10-14(3)11-8-12-15(4)16-5/h6,10,12H,7-9,11H2,1-5H3/b13-6+,14-10+,15-12+. The summed E-state index contributed by atoms with van der Waals surface area (Å²) in [5, 5.41) is 0. The van der Waals surface area contributed by atoms with E-state index >= 15 is 0 Å². The SMILES string of the molecule is C/C=C(\C)CC/C=C(\C)CC/C=C(\C)SC. The molecule has 0 atom stereocenters. The summed E-state index contributed by atoms with van der Waals surface area (Å²) in [4.78, 5) is 1.43. The van der Waals surface area contributed by atoms with Crippen LogP contribution >= 0.6 is 11.8 Å². The summed E-state index contributed by atoms with van der Waals surface area (Å²) in [6, 6.07) is 0. The quantitative estimate of drug-likeness (QED) is 0.511. The molecule has 0 nitrogen and oxygen atoms in total. The van der Waals surface area contributed by atoms with Gasteiger partial charge in [-0.25, -0.2) is 0 Å². The van der Waals surface area contributed by atoms with Crippen LogP contribution in [0.25, 0.3) is 0 Å². The molecule has 0 aliphatic heterocycles. The van der Waals surface area contributed by atoms with Crippen LogP contribution < -0.4 is 0 Å². The molecule has 0 unspecified atom stereocenters. The molecule has 0 aliphatic rings. The molecule has 0 aromatic rings. The van der Waals surface area contributed by atoms with Crippen molar-refractivity contribution in [3.8, 4) is 0 Å². The fraction of sp³-hybridized carbons (Fsp3) is 0.600. The van der Waals surface area contributed by atoms with E-state index in [4.69, 9.17) is 0 Å². The number of allylic oxidation sites excluding steroid dienone is 6. The third kappa shape index (κ3) is 8.84. The molecule has 0 spiro atoms. The van der Waals surface area contributed by atoms with Gasteiger partial charge in [-0.15, -0.1) is 11.8 Å². The molecule has 0 aromatic carbocycles. The molecule has 92 valence electrons. The first-order valence-electron chi connectivity index (χ1n) is 6.08. The summed E-state index contributed by atoms with van der Waals surface area (Å²) < 4.78 is 0. The summed E-state index contributed by atoms with van der Waals surface area (Å²) in [5.41, 5.74) is 3.01. The Morgan fingerprint density at radius 1 is 0.938 bits per heavy atom. The number of thioether (sulfide) groups is 1. The van der Waals surface area contributed by atoms with Crippen LogP contribution in [0.15, 0.2) is 34.3 Å². The maximum atomic E-state index is 2.38. The minimum atomic E-state index is 1.18. The highest BCUT2D eigenvalue weighted by atomic mass is 32.2. The third-order valence-corrected chi connectivity index (χ3v) is 3.63. The van der Waals surface area contributed by atoms with Gasteiger partial charge in [0.05, 0.1) is 0 Å². The smallest absolute Gasteiger partial charge is 0.0140 e. The van der Waals surface area contributed by atoms with E-state index in [1.165, 1.54) is 41.7 Å². The lowest BCUT2D eigenvalue weighted by atomic mass is 10.1. The van der Waals surface area contributed by atoms with Gasteiger partial charge < -0.3 is 0 Å². The van der Waals surface area contributed by atoms with Crippen molar-refractivity contribution in [2.24, 2.45) is 0 Å². The lowest BCUT2D eigenvalue weighted by Gasteiger charge is -2.01. The molecule has 0 saturated carbocycles. The van der Waals surface area contributed by atoms with Gasteiger partial charge in [0.15, 0.2) is 0 Å². The van der Waals surface area contributed by atoms with Crippen LogP contribution in [0, 0.1) is 0 Å². The summed E-state index contributed by atoms with van der Waals surface area (Å²) in [5.74, 6) is 0. The Bertz CT molecular complexity index is 269. The molecule has 0 aromatic heterocycles. The van der Waals surface area contributed by atoms with Crippen molar-refractivity contribution in [2.45, 2.75) is 53.4 Å². The Morgan fingerprint density at radius 3 is 2.06 bits per heavy atom. The normalized spacial score (nSPS) is 14.4. The Labute approximate surface area is 106 Å². The predicted octanol–water partition coefficient (Wildman–Crippen LogP) is 5.73. The molecule has 0 bridgehead atoms. The Kier molecular flexibility index (Phi) is 9.51. The van der Waals surface area contributed by atoms with Crippen LogP contribution in [-0.2, 0) is 0 Å². The summed E-state index contributed by atoms with van der Waals surface area (Å²) in [6.07, 6.45) is 13.8. The number of rotatable bonds is 7. The molecular formula is C15H26S. The average Bonchev–Trinajstić information content (AvgIpc) is 2.28. The molecule has 0 rings (SSSR count). The molecule has 0 heterocycles. The van der Waals surface area contributed by atoms with Crippen molar-refractivity contribution in [1.82, 2.24) is 0 Å². The maximum Gasteiger partial charge on any atom is -0.0140 e. The Morgan fingerprint density at radius 2 is 1.50 bits per heavy atom. The zero-order valence-electron chi connectivity index (χ0n) is 11.5. The topological polar surface area (TPSA) is 0 Å². The van der Waals surface area contributed by atoms with Crippen molar-refractivity contribution in [1.29, 1.82) is 0 Å². The second-order valence-corrected chi connectivity index (χ2v) is 5.33. The maximum absolute atomic E-state index is 2.38. The van der Waals surface area contributed by atoms with E-state index in [2.05, 4.69) is 52.2 Å². The lowest BCUT2D eigenvalue weighted by Crippen LogP contribution is -1.80. The summed E-state index contributed by atoms with van der Waals surface area (Å²) in [6.45, 7) is 8.74. The molecule has 0 amide bonds. The minimum Gasteiger partial charge on any atom is -0.135 e. The van der Waals surface area contributed by atoms with Gasteiger partial charge in [-0.1, -0.05) is 29.4 Å². The number of hydrogen-bond donors (Lipinski definition) is 0. The average molecular weight is 238 g/mol. The van der Waals surface area contributed by atoms with Crippen LogP contribution in [0.4, 0.5) is 0 Å². The van der Waals surface area contributed by atoms with E-state index in [1.54, 1.807) is 0 Å². The predicted molar refractivity (Wildman–Crippen MR) is 78.9 cm³/mol. The molecule has 0 aliphatic carbocycles. The first-order chi connectivity index (χ1) is 7.60. The van der Waals surface area contributed by atoms with E-state index in [1.807, 2.05) is 11.8 Å².